The highest BCUT2D eigenvalue weighted by Gasteiger charge is 2.11. The van der Waals surface area contributed by atoms with Crippen molar-refractivity contribution < 1.29 is 18.7 Å². The maximum absolute atomic E-state index is 12.6. The maximum Gasteiger partial charge on any atom is 0.331 e. The number of hydrogen-bond acceptors (Lipinski definition) is 3. The van der Waals surface area contributed by atoms with E-state index in [0.29, 0.717) is 5.56 Å². The lowest BCUT2D eigenvalue weighted by Gasteiger charge is -2.06. The van der Waals surface area contributed by atoms with Crippen molar-refractivity contribution in [1.29, 1.82) is 0 Å². The quantitative estimate of drug-likeness (QED) is 0.633. The summed E-state index contributed by atoms with van der Waals surface area (Å²) in [5.41, 5.74) is 5.57. The fourth-order valence-corrected chi connectivity index (χ4v) is 1.01. The monoisotopic (exact) mass is 237 g/mol. The molecule has 2 N–H and O–H groups in total. The van der Waals surface area contributed by atoms with Gasteiger partial charge in [-0.15, -0.1) is 0 Å². The van der Waals surface area contributed by atoms with Crippen molar-refractivity contribution in [2.24, 2.45) is 5.73 Å². The van der Waals surface area contributed by atoms with Crippen LogP contribution in [0.5, 0.6) is 0 Å². The molecular weight excluding hydrogens is 225 g/mol. The summed E-state index contributed by atoms with van der Waals surface area (Å²) in [4.78, 5) is 21.8. The normalized spacial score (nSPS) is 12.4. The number of primary amides is 1. The Morgan fingerprint density at radius 3 is 2.47 bits per heavy atom. The average molecular weight is 237 g/mol. The van der Waals surface area contributed by atoms with Gasteiger partial charge in [0.05, 0.1) is 0 Å². The molecule has 5 heteroatoms. The van der Waals surface area contributed by atoms with Crippen LogP contribution in [0.4, 0.5) is 4.39 Å². The fraction of sp³-hybridized carbons (Fsp3) is 0.167. The predicted octanol–water partition coefficient (Wildman–Crippen LogP) is 1.26. The van der Waals surface area contributed by atoms with E-state index >= 15 is 0 Å². The van der Waals surface area contributed by atoms with E-state index in [1.165, 1.54) is 37.3 Å². The SMILES string of the molecule is CC(OC(=O)/C=C/c1ccc(F)cc1)C(N)=O. The maximum atomic E-state index is 12.6. The van der Waals surface area contributed by atoms with E-state index in [1.54, 1.807) is 0 Å². The van der Waals surface area contributed by atoms with E-state index in [4.69, 9.17) is 5.73 Å². The van der Waals surface area contributed by atoms with Crippen molar-refractivity contribution in [2.75, 3.05) is 0 Å². The molecule has 1 rings (SSSR count). The third kappa shape index (κ3) is 4.46. The zero-order chi connectivity index (χ0) is 12.8. The van der Waals surface area contributed by atoms with Crippen LogP contribution >= 0.6 is 0 Å². The number of benzene rings is 1. The average Bonchev–Trinajstić information content (AvgIpc) is 2.28. The Balaban J connectivity index is 2.56. The van der Waals surface area contributed by atoms with Crippen LogP contribution in [0, 0.1) is 5.82 Å². The summed E-state index contributed by atoms with van der Waals surface area (Å²) in [5, 5.41) is 0. The van der Waals surface area contributed by atoms with Crippen LogP contribution in [0.1, 0.15) is 12.5 Å². The van der Waals surface area contributed by atoms with E-state index in [9.17, 15) is 14.0 Å². The molecule has 1 aromatic carbocycles. The summed E-state index contributed by atoms with van der Waals surface area (Å²) < 4.78 is 17.3. The van der Waals surface area contributed by atoms with E-state index < -0.39 is 18.0 Å². The number of carbonyl (C=O) groups is 2. The molecule has 0 aliphatic rings. The second kappa shape index (κ2) is 5.79. The van der Waals surface area contributed by atoms with Gasteiger partial charge >= 0.3 is 5.97 Å². The highest BCUT2D eigenvalue weighted by atomic mass is 19.1. The zero-order valence-corrected chi connectivity index (χ0v) is 9.22. The molecule has 1 amide bonds. The Morgan fingerprint density at radius 2 is 1.94 bits per heavy atom. The Kier molecular flexibility index (Phi) is 4.39. The van der Waals surface area contributed by atoms with Gasteiger partial charge in [-0.3, -0.25) is 4.79 Å². The zero-order valence-electron chi connectivity index (χ0n) is 9.22. The fourth-order valence-electron chi connectivity index (χ4n) is 1.01. The lowest BCUT2D eigenvalue weighted by molar-refractivity contribution is -0.148. The van der Waals surface area contributed by atoms with Crippen molar-refractivity contribution >= 4 is 18.0 Å². The lowest BCUT2D eigenvalue weighted by Crippen LogP contribution is -2.29. The smallest absolute Gasteiger partial charge is 0.331 e. The molecule has 0 saturated heterocycles. The van der Waals surface area contributed by atoms with Gasteiger partial charge in [-0.25, -0.2) is 9.18 Å². The van der Waals surface area contributed by atoms with Gasteiger partial charge in [-0.2, -0.15) is 0 Å². The number of halogens is 1. The topological polar surface area (TPSA) is 69.4 Å². The van der Waals surface area contributed by atoms with Gasteiger partial charge in [0.25, 0.3) is 5.91 Å². The molecule has 4 nitrogen and oxygen atoms in total. The first-order valence-electron chi connectivity index (χ1n) is 4.92. The summed E-state index contributed by atoms with van der Waals surface area (Å²) in [6, 6.07) is 5.57. The Bertz CT molecular complexity index is 440. The van der Waals surface area contributed by atoms with E-state index in [1.807, 2.05) is 0 Å². The molecule has 17 heavy (non-hydrogen) atoms. The van der Waals surface area contributed by atoms with Gasteiger partial charge in [0, 0.05) is 6.08 Å². The molecule has 0 aromatic heterocycles. The van der Waals surface area contributed by atoms with Crippen molar-refractivity contribution in [2.45, 2.75) is 13.0 Å². The van der Waals surface area contributed by atoms with Crippen molar-refractivity contribution in [1.82, 2.24) is 0 Å². The molecule has 0 saturated carbocycles. The molecule has 0 spiro atoms. The Hall–Kier alpha value is -2.17. The molecule has 1 aromatic rings. The second-order valence-corrected chi connectivity index (χ2v) is 3.37. The summed E-state index contributed by atoms with van der Waals surface area (Å²) >= 11 is 0. The first-order chi connectivity index (χ1) is 7.99. The standard InChI is InChI=1S/C12H12FNO3/c1-8(12(14)16)17-11(15)7-4-9-2-5-10(13)6-3-9/h2-8H,1H3,(H2,14,16)/b7-4+. The Morgan fingerprint density at radius 1 is 1.35 bits per heavy atom. The molecule has 0 heterocycles. The van der Waals surface area contributed by atoms with Gasteiger partial charge in [-0.05, 0) is 30.7 Å². The van der Waals surface area contributed by atoms with E-state index in [2.05, 4.69) is 4.74 Å². The van der Waals surface area contributed by atoms with E-state index in [-0.39, 0.29) is 5.82 Å². The van der Waals surface area contributed by atoms with Crippen LogP contribution in [0.15, 0.2) is 30.3 Å². The third-order valence-corrected chi connectivity index (χ3v) is 1.98. The van der Waals surface area contributed by atoms with Gasteiger partial charge < -0.3 is 10.5 Å². The molecule has 0 fully saturated rings. The second-order valence-electron chi connectivity index (χ2n) is 3.37. The van der Waals surface area contributed by atoms with Gasteiger partial charge in [-0.1, -0.05) is 12.1 Å². The number of amides is 1. The molecule has 0 aliphatic heterocycles. The molecular formula is C12H12FNO3. The molecule has 0 aliphatic carbocycles. The number of esters is 1. The summed E-state index contributed by atoms with van der Waals surface area (Å²) in [6.45, 7) is 1.38. The summed E-state index contributed by atoms with van der Waals surface area (Å²) in [5.74, 6) is -1.75. The summed E-state index contributed by atoms with van der Waals surface area (Å²) in [6.07, 6.45) is 1.63. The summed E-state index contributed by atoms with van der Waals surface area (Å²) in [7, 11) is 0. The minimum atomic E-state index is -0.972. The van der Waals surface area contributed by atoms with Crippen LogP contribution in [0.25, 0.3) is 6.08 Å². The highest BCUT2D eigenvalue weighted by molar-refractivity contribution is 5.89. The first-order valence-corrected chi connectivity index (χ1v) is 4.92. The van der Waals surface area contributed by atoms with Crippen LogP contribution < -0.4 is 5.73 Å². The predicted molar refractivity (Wildman–Crippen MR) is 60.2 cm³/mol. The minimum absolute atomic E-state index is 0.355. The molecule has 0 bridgehead atoms. The molecule has 0 radical (unpaired) electrons. The number of ether oxygens (including phenoxy) is 1. The van der Waals surface area contributed by atoms with Crippen LogP contribution in [-0.2, 0) is 14.3 Å². The van der Waals surface area contributed by atoms with Crippen molar-refractivity contribution in [3.8, 4) is 0 Å². The largest absolute Gasteiger partial charge is 0.449 e. The molecule has 90 valence electrons. The van der Waals surface area contributed by atoms with Gasteiger partial charge in [0.1, 0.15) is 5.82 Å². The van der Waals surface area contributed by atoms with Crippen molar-refractivity contribution in [3.63, 3.8) is 0 Å². The van der Waals surface area contributed by atoms with Gasteiger partial charge in [0.15, 0.2) is 6.10 Å². The number of hydrogen-bond donors (Lipinski definition) is 1. The number of nitrogens with two attached hydrogens (primary N) is 1. The van der Waals surface area contributed by atoms with Crippen LogP contribution in [0.2, 0.25) is 0 Å². The number of carbonyl (C=O) groups excluding carboxylic acids is 2. The van der Waals surface area contributed by atoms with Crippen LogP contribution in [0.3, 0.4) is 0 Å². The highest BCUT2D eigenvalue weighted by Crippen LogP contribution is 2.05. The first kappa shape index (κ1) is 12.9. The van der Waals surface area contributed by atoms with E-state index in [0.717, 1.165) is 6.08 Å². The molecule has 1 atom stereocenters. The van der Waals surface area contributed by atoms with Gasteiger partial charge in [0.2, 0.25) is 0 Å². The Labute approximate surface area is 97.9 Å². The minimum Gasteiger partial charge on any atom is -0.449 e. The van der Waals surface area contributed by atoms with Crippen molar-refractivity contribution in [3.05, 3.63) is 41.7 Å². The number of rotatable bonds is 4. The lowest BCUT2D eigenvalue weighted by atomic mass is 10.2. The molecule has 1 unspecified atom stereocenters. The van der Waals surface area contributed by atoms with Crippen LogP contribution in [-0.4, -0.2) is 18.0 Å². The third-order valence-electron chi connectivity index (χ3n) is 1.98.